The monoisotopic (exact) mass is 366 g/mol. The van der Waals surface area contributed by atoms with Crippen molar-refractivity contribution in [1.29, 1.82) is 0 Å². The lowest BCUT2D eigenvalue weighted by atomic mass is 10.00. The third kappa shape index (κ3) is 4.82. The highest BCUT2D eigenvalue weighted by Gasteiger charge is 2.41. The molecule has 4 heteroatoms. The van der Waals surface area contributed by atoms with Crippen LogP contribution in [-0.4, -0.2) is 30.1 Å². The van der Waals surface area contributed by atoms with E-state index in [1.807, 2.05) is 18.2 Å². The summed E-state index contributed by atoms with van der Waals surface area (Å²) in [4.78, 5) is 8.34. The second-order valence-electron chi connectivity index (χ2n) is 7.79. The molecule has 0 aromatic heterocycles. The number of amidine groups is 1. The van der Waals surface area contributed by atoms with E-state index in [1.54, 1.807) is 7.11 Å². The highest BCUT2D eigenvalue weighted by atomic mass is 16.7. The van der Waals surface area contributed by atoms with Crippen LogP contribution in [0.2, 0.25) is 0 Å². The smallest absolute Gasteiger partial charge is 0.212 e. The number of hydrogen-bond donors (Lipinski definition) is 0. The second kappa shape index (κ2) is 8.47. The molecule has 0 radical (unpaired) electrons. The highest BCUT2D eigenvalue weighted by molar-refractivity contribution is 5.83. The van der Waals surface area contributed by atoms with Crippen LogP contribution in [0, 0.1) is 5.92 Å². The first-order chi connectivity index (χ1) is 13.0. The Morgan fingerprint density at radius 1 is 1.00 bits per heavy atom. The molecule has 27 heavy (non-hydrogen) atoms. The maximum atomic E-state index is 5.99. The van der Waals surface area contributed by atoms with Crippen molar-refractivity contribution < 1.29 is 9.57 Å². The number of oxime groups is 1. The first-order valence-electron chi connectivity index (χ1n) is 9.70. The number of methoxy groups -OCH3 is 1. The molecule has 0 amide bonds. The second-order valence-corrected chi connectivity index (χ2v) is 7.79. The summed E-state index contributed by atoms with van der Waals surface area (Å²) < 4.78 is 5.24. The number of nitrogens with zero attached hydrogens (tertiary/aromatic N) is 2. The molecule has 0 fully saturated rings. The van der Waals surface area contributed by atoms with E-state index in [0.29, 0.717) is 5.92 Å². The largest absolute Gasteiger partial charge is 0.497 e. The van der Waals surface area contributed by atoms with E-state index in [0.717, 1.165) is 37.4 Å². The van der Waals surface area contributed by atoms with Crippen molar-refractivity contribution >= 4 is 5.84 Å². The molecule has 0 spiro atoms. The molecule has 0 aliphatic carbocycles. The van der Waals surface area contributed by atoms with Crippen molar-refractivity contribution in [3.05, 3.63) is 65.7 Å². The molecule has 0 saturated carbocycles. The lowest BCUT2D eigenvalue weighted by molar-refractivity contribution is -0.0862. The number of ether oxygens (including phenoxy) is 1. The normalized spacial score (nSPS) is 19.1. The van der Waals surface area contributed by atoms with Gasteiger partial charge in [0.05, 0.1) is 7.11 Å². The summed E-state index contributed by atoms with van der Waals surface area (Å²) >= 11 is 0. The van der Waals surface area contributed by atoms with E-state index in [-0.39, 0.29) is 0 Å². The minimum absolute atomic E-state index is 0.430. The first kappa shape index (κ1) is 19.3. The number of rotatable bonds is 8. The molecule has 1 atom stereocenters. The standard InChI is InChI=1S/C23H30N2O2/c1-18(2)17-25-22(15-12-19-10-13-21(26-4)14-11-19)24-27-23(25,3)16-20-8-6-5-7-9-20/h5-11,13-14,18H,12,15-17H2,1-4H3. The zero-order valence-electron chi connectivity index (χ0n) is 16.8. The number of hydrogen-bond acceptors (Lipinski definition) is 4. The Morgan fingerprint density at radius 2 is 1.70 bits per heavy atom. The van der Waals surface area contributed by atoms with E-state index >= 15 is 0 Å². The summed E-state index contributed by atoms with van der Waals surface area (Å²) in [7, 11) is 1.69. The maximum Gasteiger partial charge on any atom is 0.212 e. The van der Waals surface area contributed by atoms with Gasteiger partial charge in [0.2, 0.25) is 5.72 Å². The van der Waals surface area contributed by atoms with Crippen LogP contribution in [0.5, 0.6) is 5.75 Å². The third-order valence-electron chi connectivity index (χ3n) is 4.95. The average Bonchev–Trinajstić information content (AvgIpc) is 2.96. The lowest BCUT2D eigenvalue weighted by Gasteiger charge is -2.36. The van der Waals surface area contributed by atoms with Crippen molar-refractivity contribution in [2.75, 3.05) is 13.7 Å². The Labute approximate surface area is 162 Å². The van der Waals surface area contributed by atoms with Gasteiger partial charge < -0.3 is 14.5 Å². The Hall–Kier alpha value is -2.49. The van der Waals surface area contributed by atoms with Gasteiger partial charge in [-0.3, -0.25) is 0 Å². The van der Waals surface area contributed by atoms with Gasteiger partial charge in [0.25, 0.3) is 0 Å². The van der Waals surface area contributed by atoms with Gasteiger partial charge in [0, 0.05) is 19.4 Å². The van der Waals surface area contributed by atoms with Crippen LogP contribution >= 0.6 is 0 Å². The van der Waals surface area contributed by atoms with Crippen LogP contribution in [0.1, 0.15) is 38.3 Å². The van der Waals surface area contributed by atoms with Gasteiger partial charge in [0.1, 0.15) is 11.6 Å². The van der Waals surface area contributed by atoms with Gasteiger partial charge in [0.15, 0.2) is 0 Å². The summed E-state index contributed by atoms with van der Waals surface area (Å²) in [5.74, 6) is 2.46. The lowest BCUT2D eigenvalue weighted by Crippen LogP contribution is -2.49. The Kier molecular flexibility index (Phi) is 6.04. The zero-order valence-corrected chi connectivity index (χ0v) is 16.8. The predicted molar refractivity (Wildman–Crippen MR) is 110 cm³/mol. The Morgan fingerprint density at radius 3 is 2.33 bits per heavy atom. The molecule has 2 aromatic carbocycles. The molecule has 2 aromatic rings. The Balaban J connectivity index is 1.70. The molecule has 0 bridgehead atoms. The quantitative estimate of drug-likeness (QED) is 0.667. The van der Waals surface area contributed by atoms with E-state index in [2.05, 4.69) is 67.2 Å². The van der Waals surface area contributed by atoms with E-state index in [1.165, 1.54) is 11.1 Å². The molecule has 3 rings (SSSR count). The van der Waals surface area contributed by atoms with Crippen LogP contribution in [-0.2, 0) is 17.7 Å². The summed E-state index contributed by atoms with van der Waals surface area (Å²) in [6, 6.07) is 18.7. The molecular formula is C23H30N2O2. The van der Waals surface area contributed by atoms with E-state index in [9.17, 15) is 0 Å². The number of aryl methyl sites for hydroxylation is 1. The van der Waals surface area contributed by atoms with Crippen LogP contribution in [0.25, 0.3) is 0 Å². The molecule has 0 saturated heterocycles. The summed E-state index contributed by atoms with van der Waals surface area (Å²) in [6.45, 7) is 7.56. The first-order valence-corrected chi connectivity index (χ1v) is 9.70. The van der Waals surface area contributed by atoms with Crippen molar-refractivity contribution in [2.24, 2.45) is 11.1 Å². The van der Waals surface area contributed by atoms with Gasteiger partial charge in [-0.15, -0.1) is 0 Å². The van der Waals surface area contributed by atoms with Crippen LogP contribution in [0.4, 0.5) is 0 Å². The molecular weight excluding hydrogens is 336 g/mol. The van der Waals surface area contributed by atoms with Crippen molar-refractivity contribution in [2.45, 2.75) is 45.8 Å². The minimum Gasteiger partial charge on any atom is -0.497 e. The molecule has 144 valence electrons. The zero-order chi connectivity index (χ0) is 19.3. The van der Waals surface area contributed by atoms with Gasteiger partial charge in [-0.05, 0) is 42.5 Å². The fourth-order valence-electron chi connectivity index (χ4n) is 3.52. The van der Waals surface area contributed by atoms with Crippen LogP contribution in [0.3, 0.4) is 0 Å². The average molecular weight is 367 g/mol. The van der Waals surface area contributed by atoms with Crippen LogP contribution < -0.4 is 4.74 Å². The third-order valence-corrected chi connectivity index (χ3v) is 4.95. The van der Waals surface area contributed by atoms with E-state index < -0.39 is 5.72 Å². The summed E-state index contributed by atoms with van der Waals surface area (Å²) in [5.41, 5.74) is 2.11. The SMILES string of the molecule is COc1ccc(CCC2=NOC(C)(Cc3ccccc3)N2CC(C)C)cc1. The predicted octanol–water partition coefficient (Wildman–Crippen LogP) is 4.89. The maximum absolute atomic E-state index is 5.99. The van der Waals surface area contributed by atoms with Gasteiger partial charge >= 0.3 is 0 Å². The van der Waals surface area contributed by atoms with Crippen molar-refractivity contribution in [1.82, 2.24) is 4.90 Å². The Bertz CT molecular complexity index is 756. The molecule has 1 heterocycles. The van der Waals surface area contributed by atoms with Gasteiger partial charge in [-0.2, -0.15) is 0 Å². The molecule has 4 nitrogen and oxygen atoms in total. The fraction of sp³-hybridized carbons (Fsp3) is 0.435. The summed E-state index contributed by atoms with van der Waals surface area (Å²) in [6.07, 6.45) is 2.61. The van der Waals surface area contributed by atoms with Crippen molar-refractivity contribution in [3.8, 4) is 5.75 Å². The highest BCUT2D eigenvalue weighted by Crippen LogP contribution is 2.31. The van der Waals surface area contributed by atoms with Crippen molar-refractivity contribution in [3.63, 3.8) is 0 Å². The van der Waals surface area contributed by atoms with Crippen LogP contribution in [0.15, 0.2) is 59.8 Å². The molecule has 1 aliphatic rings. The topological polar surface area (TPSA) is 34.1 Å². The summed E-state index contributed by atoms with van der Waals surface area (Å²) in [5, 5.41) is 4.49. The van der Waals surface area contributed by atoms with E-state index in [4.69, 9.17) is 9.57 Å². The minimum atomic E-state index is -0.430. The molecule has 0 N–H and O–H groups in total. The van der Waals surface area contributed by atoms with Gasteiger partial charge in [-0.1, -0.05) is 61.5 Å². The van der Waals surface area contributed by atoms with Gasteiger partial charge in [-0.25, -0.2) is 0 Å². The fourth-order valence-corrected chi connectivity index (χ4v) is 3.52. The molecule has 1 aliphatic heterocycles. The number of benzene rings is 2. The molecule has 1 unspecified atom stereocenters.